The fourth-order valence-electron chi connectivity index (χ4n) is 1.56. The first kappa shape index (κ1) is 10.8. The van der Waals surface area contributed by atoms with Crippen LogP contribution < -0.4 is 5.32 Å². The number of rotatable bonds is 5. The molecule has 2 aromatic heterocycles. The summed E-state index contributed by atoms with van der Waals surface area (Å²) >= 11 is 0. The van der Waals surface area contributed by atoms with Gasteiger partial charge in [0.25, 0.3) is 0 Å². The Kier molecular flexibility index (Phi) is 3.31. The molecular formula is C10H16N6. The van der Waals surface area contributed by atoms with Crippen LogP contribution in [0.5, 0.6) is 0 Å². The van der Waals surface area contributed by atoms with E-state index in [1.54, 1.807) is 7.05 Å². The second-order valence-corrected chi connectivity index (χ2v) is 3.60. The Hall–Kier alpha value is -1.69. The molecule has 0 saturated carbocycles. The number of aryl methyl sites for hydroxylation is 1. The minimum absolute atomic E-state index is 0.668. The molecule has 0 radical (unpaired) electrons. The minimum atomic E-state index is 0.668. The van der Waals surface area contributed by atoms with Gasteiger partial charge in [0, 0.05) is 18.4 Å². The molecule has 0 atom stereocenters. The van der Waals surface area contributed by atoms with Crippen LogP contribution in [0.25, 0.3) is 0 Å². The second kappa shape index (κ2) is 4.89. The van der Waals surface area contributed by atoms with E-state index in [1.807, 2.05) is 12.3 Å². The van der Waals surface area contributed by atoms with E-state index in [1.165, 1.54) is 10.5 Å². The summed E-state index contributed by atoms with van der Waals surface area (Å²) in [5.74, 6) is 0.733. The van der Waals surface area contributed by atoms with Crippen molar-refractivity contribution in [3.8, 4) is 0 Å². The molecule has 16 heavy (non-hydrogen) atoms. The molecule has 6 nitrogen and oxygen atoms in total. The van der Waals surface area contributed by atoms with Crippen LogP contribution in [0.15, 0.2) is 18.3 Å². The zero-order chi connectivity index (χ0) is 11.4. The van der Waals surface area contributed by atoms with E-state index >= 15 is 0 Å². The molecule has 0 saturated heterocycles. The molecule has 0 unspecified atom stereocenters. The molecule has 0 bridgehead atoms. The van der Waals surface area contributed by atoms with Crippen molar-refractivity contribution in [1.82, 2.24) is 30.1 Å². The Bertz CT molecular complexity index is 444. The smallest absolute Gasteiger partial charge is 0.194 e. The van der Waals surface area contributed by atoms with E-state index < -0.39 is 0 Å². The van der Waals surface area contributed by atoms with Crippen LogP contribution in [-0.4, -0.2) is 31.3 Å². The van der Waals surface area contributed by atoms with Crippen LogP contribution >= 0.6 is 0 Å². The zero-order valence-corrected chi connectivity index (χ0v) is 9.59. The first-order chi connectivity index (χ1) is 7.79. The average Bonchev–Trinajstić information content (AvgIpc) is 2.86. The van der Waals surface area contributed by atoms with Crippen molar-refractivity contribution in [1.29, 1.82) is 0 Å². The summed E-state index contributed by atoms with van der Waals surface area (Å²) in [5.41, 5.74) is 1.23. The summed E-state index contributed by atoms with van der Waals surface area (Å²) in [7, 11) is 1.77. The van der Waals surface area contributed by atoms with Crippen LogP contribution in [0.4, 0.5) is 0 Å². The highest BCUT2D eigenvalue weighted by Crippen LogP contribution is 2.04. The summed E-state index contributed by atoms with van der Waals surface area (Å²) < 4.78 is 2.12. The first-order valence-electron chi connectivity index (χ1n) is 5.37. The summed E-state index contributed by atoms with van der Waals surface area (Å²) in [5, 5.41) is 15.2. The van der Waals surface area contributed by atoms with Crippen molar-refractivity contribution < 1.29 is 0 Å². The van der Waals surface area contributed by atoms with Crippen molar-refractivity contribution in [2.75, 3.05) is 6.54 Å². The Morgan fingerprint density at radius 3 is 3.00 bits per heavy atom. The number of aromatic nitrogens is 5. The van der Waals surface area contributed by atoms with Gasteiger partial charge in [0.05, 0.1) is 13.6 Å². The maximum Gasteiger partial charge on any atom is 0.194 e. The number of hydrogen-bond donors (Lipinski definition) is 1. The van der Waals surface area contributed by atoms with Gasteiger partial charge < -0.3 is 9.88 Å². The third-order valence-electron chi connectivity index (χ3n) is 2.34. The molecular weight excluding hydrogens is 204 g/mol. The molecule has 2 heterocycles. The number of nitrogens with one attached hydrogen (secondary N) is 1. The minimum Gasteiger partial charge on any atom is -0.342 e. The SMILES string of the molecule is CCNCc1cccn1Cc1nnn(C)n1. The Balaban J connectivity index is 2.06. The van der Waals surface area contributed by atoms with Crippen LogP contribution in [0.3, 0.4) is 0 Å². The molecule has 1 N–H and O–H groups in total. The van der Waals surface area contributed by atoms with E-state index in [0.29, 0.717) is 6.54 Å². The number of hydrogen-bond acceptors (Lipinski definition) is 4. The lowest BCUT2D eigenvalue weighted by Gasteiger charge is -2.06. The monoisotopic (exact) mass is 220 g/mol. The Morgan fingerprint density at radius 2 is 2.31 bits per heavy atom. The molecule has 0 amide bonds. The highest BCUT2D eigenvalue weighted by atomic mass is 15.6. The lowest BCUT2D eigenvalue weighted by atomic mass is 10.4. The predicted octanol–water partition coefficient (Wildman–Crippen LogP) is 0.169. The molecule has 0 spiro atoms. The topological polar surface area (TPSA) is 60.6 Å². The first-order valence-corrected chi connectivity index (χ1v) is 5.37. The van der Waals surface area contributed by atoms with E-state index in [-0.39, 0.29) is 0 Å². The molecule has 0 aliphatic heterocycles. The molecule has 0 aromatic carbocycles. The third-order valence-corrected chi connectivity index (χ3v) is 2.34. The third kappa shape index (κ3) is 2.46. The van der Waals surface area contributed by atoms with Gasteiger partial charge in [0.15, 0.2) is 5.82 Å². The van der Waals surface area contributed by atoms with Crippen molar-refractivity contribution in [2.24, 2.45) is 7.05 Å². The molecule has 2 aromatic rings. The molecule has 86 valence electrons. The number of nitrogens with zero attached hydrogens (tertiary/aromatic N) is 5. The van der Waals surface area contributed by atoms with Crippen molar-refractivity contribution in [3.05, 3.63) is 29.8 Å². The van der Waals surface area contributed by atoms with Crippen molar-refractivity contribution in [2.45, 2.75) is 20.0 Å². The normalized spacial score (nSPS) is 10.9. The average molecular weight is 220 g/mol. The van der Waals surface area contributed by atoms with Gasteiger partial charge >= 0.3 is 0 Å². The quantitative estimate of drug-likeness (QED) is 0.780. The second-order valence-electron chi connectivity index (χ2n) is 3.60. The summed E-state index contributed by atoms with van der Waals surface area (Å²) in [6, 6.07) is 4.13. The maximum atomic E-state index is 4.16. The Morgan fingerprint density at radius 1 is 1.44 bits per heavy atom. The van der Waals surface area contributed by atoms with Gasteiger partial charge in [0.2, 0.25) is 0 Å². The number of tetrazole rings is 1. The van der Waals surface area contributed by atoms with Crippen LogP contribution in [0, 0.1) is 0 Å². The van der Waals surface area contributed by atoms with E-state index in [4.69, 9.17) is 0 Å². The standard InChI is InChI=1S/C10H16N6/c1-3-11-7-9-5-4-6-16(9)8-10-12-14-15(2)13-10/h4-6,11H,3,7-8H2,1-2H3. The molecule has 2 rings (SSSR count). The predicted molar refractivity (Wildman–Crippen MR) is 59.7 cm³/mol. The Labute approximate surface area is 94.3 Å². The van der Waals surface area contributed by atoms with Crippen LogP contribution in [0.1, 0.15) is 18.4 Å². The van der Waals surface area contributed by atoms with Gasteiger partial charge in [-0.3, -0.25) is 0 Å². The van der Waals surface area contributed by atoms with Gasteiger partial charge in [-0.1, -0.05) is 6.92 Å². The van der Waals surface area contributed by atoms with Crippen molar-refractivity contribution >= 4 is 0 Å². The fraction of sp³-hybridized carbons (Fsp3) is 0.500. The maximum absolute atomic E-state index is 4.16. The molecule has 6 heteroatoms. The van der Waals surface area contributed by atoms with Gasteiger partial charge in [-0.05, 0) is 23.9 Å². The fourth-order valence-corrected chi connectivity index (χ4v) is 1.56. The molecule has 0 fully saturated rings. The highest BCUT2D eigenvalue weighted by Gasteiger charge is 2.04. The van der Waals surface area contributed by atoms with E-state index in [9.17, 15) is 0 Å². The zero-order valence-electron chi connectivity index (χ0n) is 9.59. The van der Waals surface area contributed by atoms with E-state index in [0.717, 1.165) is 18.9 Å². The largest absolute Gasteiger partial charge is 0.342 e. The van der Waals surface area contributed by atoms with E-state index in [2.05, 4.69) is 38.3 Å². The van der Waals surface area contributed by atoms with Gasteiger partial charge in [0.1, 0.15) is 0 Å². The summed E-state index contributed by atoms with van der Waals surface area (Å²) in [4.78, 5) is 1.47. The van der Waals surface area contributed by atoms with Crippen LogP contribution in [-0.2, 0) is 20.1 Å². The molecule has 0 aliphatic carbocycles. The highest BCUT2D eigenvalue weighted by molar-refractivity contribution is 5.08. The van der Waals surface area contributed by atoms with Crippen LogP contribution in [0.2, 0.25) is 0 Å². The lowest BCUT2D eigenvalue weighted by molar-refractivity contribution is 0.619. The van der Waals surface area contributed by atoms with Gasteiger partial charge in [-0.25, -0.2) is 0 Å². The summed E-state index contributed by atoms with van der Waals surface area (Å²) in [6.07, 6.45) is 2.03. The van der Waals surface area contributed by atoms with Gasteiger partial charge in [-0.2, -0.15) is 4.80 Å². The lowest BCUT2D eigenvalue weighted by Crippen LogP contribution is -2.15. The molecule has 0 aliphatic rings. The van der Waals surface area contributed by atoms with Gasteiger partial charge in [-0.15, -0.1) is 10.2 Å². The van der Waals surface area contributed by atoms with Crippen molar-refractivity contribution in [3.63, 3.8) is 0 Å². The summed E-state index contributed by atoms with van der Waals surface area (Å²) in [6.45, 7) is 4.59.